The number of amides is 1. The van der Waals surface area contributed by atoms with E-state index in [-0.39, 0.29) is 11.8 Å². The highest BCUT2D eigenvalue weighted by Crippen LogP contribution is 2.34. The van der Waals surface area contributed by atoms with E-state index in [1.54, 1.807) is 32.4 Å². The Morgan fingerprint density at radius 2 is 2.15 bits per heavy atom. The largest absolute Gasteiger partial charge is 0.497 e. The average molecular weight is 278 g/mol. The van der Waals surface area contributed by atoms with Crippen molar-refractivity contribution in [2.45, 2.75) is 19.3 Å². The van der Waals surface area contributed by atoms with E-state index in [2.05, 4.69) is 5.32 Å². The smallest absolute Gasteiger partial charge is 0.227 e. The highest BCUT2D eigenvalue weighted by atomic mass is 16.5. The van der Waals surface area contributed by atoms with Crippen LogP contribution in [0.5, 0.6) is 11.5 Å². The standard InChI is InChI=1S/C15H22N2O3/c1-19-11-6-7-13(14(8-11)20-2)17-15(18)12-5-3-4-10(12)9-16/h6-8,10,12H,3-5,9,16H2,1-2H3,(H,17,18). The molecule has 1 aliphatic rings. The van der Waals surface area contributed by atoms with Gasteiger partial charge in [0.1, 0.15) is 11.5 Å². The van der Waals surface area contributed by atoms with Crippen LogP contribution in [0.2, 0.25) is 0 Å². The molecule has 0 aromatic heterocycles. The van der Waals surface area contributed by atoms with Gasteiger partial charge in [0.25, 0.3) is 0 Å². The van der Waals surface area contributed by atoms with E-state index in [0.717, 1.165) is 19.3 Å². The maximum atomic E-state index is 12.4. The molecule has 0 radical (unpaired) electrons. The molecule has 0 heterocycles. The number of benzene rings is 1. The fraction of sp³-hybridized carbons (Fsp3) is 0.533. The number of nitrogens with two attached hydrogens (primary N) is 1. The average Bonchev–Trinajstić information content (AvgIpc) is 2.96. The van der Waals surface area contributed by atoms with Gasteiger partial charge >= 0.3 is 0 Å². The summed E-state index contributed by atoms with van der Waals surface area (Å²) in [7, 11) is 3.17. The van der Waals surface area contributed by atoms with Crippen LogP contribution in [0.15, 0.2) is 18.2 Å². The van der Waals surface area contributed by atoms with Gasteiger partial charge in [-0.15, -0.1) is 0 Å². The first-order chi connectivity index (χ1) is 9.69. The molecular weight excluding hydrogens is 256 g/mol. The first-order valence-electron chi connectivity index (χ1n) is 6.92. The Morgan fingerprint density at radius 3 is 2.80 bits per heavy atom. The molecule has 0 bridgehead atoms. The quantitative estimate of drug-likeness (QED) is 0.864. The first-order valence-corrected chi connectivity index (χ1v) is 6.92. The predicted octanol–water partition coefficient (Wildman–Crippen LogP) is 2.02. The molecule has 1 fully saturated rings. The van der Waals surface area contributed by atoms with Crippen molar-refractivity contribution in [1.29, 1.82) is 0 Å². The lowest BCUT2D eigenvalue weighted by molar-refractivity contribution is -0.120. The van der Waals surface area contributed by atoms with Gasteiger partial charge in [-0.25, -0.2) is 0 Å². The minimum atomic E-state index is 0.00630. The zero-order valence-electron chi connectivity index (χ0n) is 12.0. The normalized spacial score (nSPS) is 21.6. The van der Waals surface area contributed by atoms with Crippen molar-refractivity contribution in [3.05, 3.63) is 18.2 Å². The molecule has 1 amide bonds. The number of carbonyl (C=O) groups is 1. The van der Waals surface area contributed by atoms with Gasteiger partial charge in [0.05, 0.1) is 19.9 Å². The van der Waals surface area contributed by atoms with Crippen LogP contribution in [-0.4, -0.2) is 26.7 Å². The topological polar surface area (TPSA) is 73.6 Å². The molecule has 1 aromatic carbocycles. The summed E-state index contributed by atoms with van der Waals surface area (Å²) in [5, 5.41) is 2.94. The second-order valence-electron chi connectivity index (χ2n) is 5.09. The molecule has 2 atom stereocenters. The van der Waals surface area contributed by atoms with Gasteiger partial charge in [-0.05, 0) is 37.4 Å². The molecule has 20 heavy (non-hydrogen) atoms. The minimum Gasteiger partial charge on any atom is -0.497 e. The second-order valence-corrected chi connectivity index (χ2v) is 5.09. The molecule has 3 N–H and O–H groups in total. The summed E-state index contributed by atoms with van der Waals surface area (Å²) in [5.74, 6) is 1.62. The Balaban J connectivity index is 2.11. The Kier molecular flexibility index (Phi) is 4.84. The molecule has 2 rings (SSSR count). The minimum absolute atomic E-state index is 0.00630. The molecule has 5 heteroatoms. The van der Waals surface area contributed by atoms with Crippen LogP contribution >= 0.6 is 0 Å². The van der Waals surface area contributed by atoms with Crippen LogP contribution < -0.4 is 20.5 Å². The van der Waals surface area contributed by atoms with E-state index in [1.165, 1.54) is 0 Å². The van der Waals surface area contributed by atoms with E-state index in [4.69, 9.17) is 15.2 Å². The summed E-state index contributed by atoms with van der Waals surface area (Å²) < 4.78 is 10.4. The summed E-state index contributed by atoms with van der Waals surface area (Å²) in [5.41, 5.74) is 6.40. The van der Waals surface area contributed by atoms with Crippen LogP contribution in [0, 0.1) is 11.8 Å². The van der Waals surface area contributed by atoms with Crippen molar-refractivity contribution in [2.24, 2.45) is 17.6 Å². The van der Waals surface area contributed by atoms with Crippen molar-refractivity contribution in [3.63, 3.8) is 0 Å². The van der Waals surface area contributed by atoms with E-state index >= 15 is 0 Å². The zero-order valence-corrected chi connectivity index (χ0v) is 12.0. The SMILES string of the molecule is COc1ccc(NC(=O)C2CCCC2CN)c(OC)c1. The zero-order chi connectivity index (χ0) is 14.5. The van der Waals surface area contributed by atoms with Crippen molar-refractivity contribution in [1.82, 2.24) is 0 Å². The third-order valence-electron chi connectivity index (χ3n) is 3.97. The monoisotopic (exact) mass is 278 g/mol. The van der Waals surface area contributed by atoms with Crippen molar-refractivity contribution < 1.29 is 14.3 Å². The highest BCUT2D eigenvalue weighted by Gasteiger charge is 2.32. The molecule has 5 nitrogen and oxygen atoms in total. The van der Waals surface area contributed by atoms with Crippen LogP contribution in [0.25, 0.3) is 0 Å². The molecule has 0 saturated heterocycles. The summed E-state index contributed by atoms with van der Waals surface area (Å²) in [4.78, 5) is 12.4. The van der Waals surface area contributed by atoms with Crippen LogP contribution in [-0.2, 0) is 4.79 Å². The number of rotatable bonds is 5. The fourth-order valence-electron chi connectivity index (χ4n) is 2.79. The van der Waals surface area contributed by atoms with Gasteiger partial charge in [0.2, 0.25) is 5.91 Å². The molecule has 110 valence electrons. The maximum absolute atomic E-state index is 12.4. The maximum Gasteiger partial charge on any atom is 0.227 e. The third-order valence-corrected chi connectivity index (χ3v) is 3.97. The number of nitrogens with one attached hydrogen (secondary N) is 1. The molecule has 1 saturated carbocycles. The lowest BCUT2D eigenvalue weighted by Crippen LogP contribution is -2.29. The van der Waals surface area contributed by atoms with Gasteiger partial charge in [-0.2, -0.15) is 0 Å². The number of hydrogen-bond acceptors (Lipinski definition) is 4. The van der Waals surface area contributed by atoms with Crippen LogP contribution in [0.4, 0.5) is 5.69 Å². The first kappa shape index (κ1) is 14.7. The van der Waals surface area contributed by atoms with Gasteiger partial charge in [0, 0.05) is 12.0 Å². The summed E-state index contributed by atoms with van der Waals surface area (Å²) in [6, 6.07) is 5.35. The van der Waals surface area contributed by atoms with E-state index in [1.807, 2.05) is 0 Å². The van der Waals surface area contributed by atoms with Gasteiger partial charge in [-0.1, -0.05) is 6.42 Å². The summed E-state index contributed by atoms with van der Waals surface area (Å²) in [6.45, 7) is 0.567. The predicted molar refractivity (Wildman–Crippen MR) is 78.1 cm³/mol. The number of ether oxygens (including phenoxy) is 2. The number of anilines is 1. The molecule has 2 unspecified atom stereocenters. The van der Waals surface area contributed by atoms with E-state index in [0.29, 0.717) is 29.6 Å². The van der Waals surface area contributed by atoms with Crippen molar-refractivity contribution in [3.8, 4) is 11.5 Å². The van der Waals surface area contributed by atoms with Crippen molar-refractivity contribution >= 4 is 11.6 Å². The highest BCUT2D eigenvalue weighted by molar-refractivity contribution is 5.94. The fourth-order valence-corrected chi connectivity index (χ4v) is 2.79. The molecule has 0 spiro atoms. The van der Waals surface area contributed by atoms with Crippen molar-refractivity contribution in [2.75, 3.05) is 26.1 Å². The second kappa shape index (κ2) is 6.61. The van der Waals surface area contributed by atoms with E-state index < -0.39 is 0 Å². The number of carbonyl (C=O) groups excluding carboxylic acids is 1. The molecule has 1 aliphatic carbocycles. The van der Waals surface area contributed by atoms with Crippen LogP contribution in [0.3, 0.4) is 0 Å². The van der Waals surface area contributed by atoms with E-state index in [9.17, 15) is 4.79 Å². The molecular formula is C15H22N2O3. The lowest BCUT2D eigenvalue weighted by Gasteiger charge is -2.18. The van der Waals surface area contributed by atoms with Gasteiger partial charge < -0.3 is 20.5 Å². The Hall–Kier alpha value is -1.75. The molecule has 1 aromatic rings. The Morgan fingerprint density at radius 1 is 1.35 bits per heavy atom. The van der Waals surface area contributed by atoms with Gasteiger partial charge in [0.15, 0.2) is 0 Å². The summed E-state index contributed by atoms with van der Waals surface area (Å²) in [6.07, 6.45) is 3.01. The Bertz CT molecular complexity index is 476. The molecule has 0 aliphatic heterocycles. The van der Waals surface area contributed by atoms with Gasteiger partial charge in [-0.3, -0.25) is 4.79 Å². The number of methoxy groups -OCH3 is 2. The van der Waals surface area contributed by atoms with Crippen LogP contribution in [0.1, 0.15) is 19.3 Å². The summed E-state index contributed by atoms with van der Waals surface area (Å²) >= 11 is 0. The number of hydrogen-bond donors (Lipinski definition) is 2. The lowest BCUT2D eigenvalue weighted by atomic mass is 9.95. The Labute approximate surface area is 119 Å². The third kappa shape index (κ3) is 3.04.